The number of fused-ring (bicyclic) bond motifs is 1. The average molecular weight is 445 g/mol. The van der Waals surface area contributed by atoms with Crippen molar-refractivity contribution in [2.45, 2.75) is 57.1 Å². The number of nitrogens with one attached hydrogen (secondary N) is 2. The van der Waals surface area contributed by atoms with Crippen molar-refractivity contribution in [3.05, 3.63) is 33.1 Å². The van der Waals surface area contributed by atoms with Gasteiger partial charge in [-0.25, -0.2) is 15.0 Å². The fourth-order valence-corrected chi connectivity index (χ4v) is 3.88. The molecule has 3 heterocycles. The molecule has 172 valence electrons. The van der Waals surface area contributed by atoms with Crippen molar-refractivity contribution >= 4 is 28.4 Å². The summed E-state index contributed by atoms with van der Waals surface area (Å²) in [5, 5.41) is 26.9. The van der Waals surface area contributed by atoms with E-state index >= 15 is 0 Å². The topological polar surface area (TPSA) is 178 Å². The maximum Gasteiger partial charge on any atom is 0.253 e. The van der Waals surface area contributed by atoms with E-state index in [1.165, 1.54) is 17.2 Å². The summed E-state index contributed by atoms with van der Waals surface area (Å²) in [6.45, 7) is 2.74. The van der Waals surface area contributed by atoms with Crippen LogP contribution in [0.3, 0.4) is 0 Å². The van der Waals surface area contributed by atoms with Gasteiger partial charge in [0.1, 0.15) is 41.5 Å². The summed E-state index contributed by atoms with van der Waals surface area (Å²) in [5.74, 6) is 0.190. The molecule has 0 bridgehead atoms. The third-order valence-corrected chi connectivity index (χ3v) is 5.72. The Balaban J connectivity index is 1.41. The standard InChI is InChI=1S/C20H27N7O5/c1-2-3-4-5-6-22-11-12(16(30)15(11)29)23-7-10-14(28)17(31)20(32-10)27-9-26-13-18(21)24-8-25-19(13)27/h8-10,14,17,20,22-23,28,31H,2-7H2,1H3,(H2,21,24,25)/t10-,14-,17-,20-/m1/s1. The molecule has 1 aliphatic rings. The summed E-state index contributed by atoms with van der Waals surface area (Å²) in [6.07, 6.45) is 2.55. The molecule has 0 aliphatic carbocycles. The van der Waals surface area contributed by atoms with Gasteiger partial charge in [0.25, 0.3) is 10.9 Å². The Morgan fingerprint density at radius 2 is 1.81 bits per heavy atom. The first kappa shape index (κ1) is 22.1. The Morgan fingerprint density at radius 3 is 2.56 bits per heavy atom. The average Bonchev–Trinajstić information content (AvgIpc) is 3.34. The van der Waals surface area contributed by atoms with Gasteiger partial charge >= 0.3 is 0 Å². The third kappa shape index (κ3) is 3.92. The number of rotatable bonds is 10. The lowest BCUT2D eigenvalue weighted by Gasteiger charge is -2.19. The van der Waals surface area contributed by atoms with E-state index in [1.54, 1.807) is 0 Å². The zero-order valence-electron chi connectivity index (χ0n) is 17.7. The second kappa shape index (κ2) is 9.18. The van der Waals surface area contributed by atoms with Crippen LogP contribution in [0.15, 0.2) is 22.2 Å². The summed E-state index contributed by atoms with van der Waals surface area (Å²) in [4.78, 5) is 36.0. The molecule has 1 fully saturated rings. The number of nitrogens with zero attached hydrogens (tertiary/aromatic N) is 4. The summed E-state index contributed by atoms with van der Waals surface area (Å²) in [6, 6.07) is 0. The molecule has 1 saturated heterocycles. The normalized spacial score (nSPS) is 23.2. The lowest BCUT2D eigenvalue weighted by atomic mass is 10.1. The van der Waals surface area contributed by atoms with Crippen molar-refractivity contribution in [2.75, 3.05) is 29.5 Å². The number of aliphatic hydroxyl groups is 2. The molecule has 0 saturated carbocycles. The number of nitrogen functional groups attached to an aromatic ring is 1. The van der Waals surface area contributed by atoms with E-state index in [1.807, 2.05) is 0 Å². The number of unbranched alkanes of at least 4 members (excludes halogenated alkanes) is 3. The van der Waals surface area contributed by atoms with E-state index in [0.717, 1.165) is 25.7 Å². The minimum Gasteiger partial charge on any atom is -0.387 e. The first-order valence-corrected chi connectivity index (χ1v) is 10.7. The van der Waals surface area contributed by atoms with Gasteiger partial charge in [-0.1, -0.05) is 26.2 Å². The van der Waals surface area contributed by atoms with E-state index in [0.29, 0.717) is 17.7 Å². The lowest BCUT2D eigenvalue weighted by molar-refractivity contribution is -0.0312. The minimum absolute atomic E-state index is 0.0217. The van der Waals surface area contributed by atoms with E-state index in [9.17, 15) is 19.8 Å². The van der Waals surface area contributed by atoms with Crippen LogP contribution in [-0.4, -0.2) is 61.1 Å². The molecule has 12 nitrogen and oxygen atoms in total. The maximum atomic E-state index is 12.0. The van der Waals surface area contributed by atoms with Crippen LogP contribution >= 0.6 is 0 Å². The predicted octanol–water partition coefficient (Wildman–Crippen LogP) is -0.272. The Labute approximate surface area is 183 Å². The van der Waals surface area contributed by atoms with Crippen LogP contribution in [0.2, 0.25) is 0 Å². The predicted molar refractivity (Wildman–Crippen MR) is 118 cm³/mol. The van der Waals surface area contributed by atoms with Crippen LogP contribution in [0.25, 0.3) is 11.2 Å². The van der Waals surface area contributed by atoms with Crippen LogP contribution in [0.1, 0.15) is 38.8 Å². The Kier molecular flexibility index (Phi) is 6.35. The largest absolute Gasteiger partial charge is 0.387 e. The first-order valence-electron chi connectivity index (χ1n) is 10.7. The van der Waals surface area contributed by atoms with Crippen LogP contribution < -0.4 is 27.2 Å². The zero-order chi connectivity index (χ0) is 22.8. The molecule has 1 aromatic carbocycles. The number of hydrogen-bond donors (Lipinski definition) is 5. The molecule has 1 aliphatic heterocycles. The Bertz CT molecular complexity index is 1160. The van der Waals surface area contributed by atoms with Crippen LogP contribution in [0.5, 0.6) is 0 Å². The Hall–Kier alpha value is -3.09. The van der Waals surface area contributed by atoms with E-state index in [-0.39, 0.29) is 23.7 Å². The number of imidazole rings is 1. The van der Waals surface area contributed by atoms with Gasteiger partial charge in [0.2, 0.25) is 0 Å². The molecule has 4 rings (SSSR count). The van der Waals surface area contributed by atoms with Crippen molar-refractivity contribution in [1.29, 1.82) is 0 Å². The minimum atomic E-state index is -1.26. The fourth-order valence-electron chi connectivity index (χ4n) is 3.88. The Morgan fingerprint density at radius 1 is 1.06 bits per heavy atom. The second-order valence-electron chi connectivity index (χ2n) is 7.91. The summed E-state index contributed by atoms with van der Waals surface area (Å²) in [5.41, 5.74) is 5.77. The number of hydrogen-bond acceptors (Lipinski definition) is 11. The van der Waals surface area contributed by atoms with Crippen molar-refractivity contribution in [1.82, 2.24) is 19.5 Å². The molecule has 0 amide bonds. The lowest BCUT2D eigenvalue weighted by Crippen LogP contribution is -2.41. The smallest absolute Gasteiger partial charge is 0.253 e. The van der Waals surface area contributed by atoms with Crippen LogP contribution in [0, 0.1) is 0 Å². The highest BCUT2D eigenvalue weighted by molar-refractivity contribution is 5.81. The van der Waals surface area contributed by atoms with E-state index in [4.69, 9.17) is 10.5 Å². The molecule has 3 aromatic rings. The molecule has 12 heteroatoms. The quantitative estimate of drug-likeness (QED) is 0.205. The molecule has 6 N–H and O–H groups in total. The molecule has 0 spiro atoms. The number of anilines is 3. The van der Waals surface area contributed by atoms with Gasteiger partial charge in [0.15, 0.2) is 17.7 Å². The van der Waals surface area contributed by atoms with Crippen LogP contribution in [0.4, 0.5) is 17.2 Å². The van der Waals surface area contributed by atoms with E-state index in [2.05, 4.69) is 32.5 Å². The number of ether oxygens (including phenoxy) is 1. The van der Waals surface area contributed by atoms with Crippen molar-refractivity contribution in [3.63, 3.8) is 0 Å². The summed E-state index contributed by atoms with van der Waals surface area (Å²) in [7, 11) is 0. The second-order valence-corrected chi connectivity index (χ2v) is 7.91. The van der Waals surface area contributed by atoms with Gasteiger partial charge in [0.05, 0.1) is 6.33 Å². The molecular formula is C20H27N7O5. The van der Waals surface area contributed by atoms with Gasteiger partial charge in [-0.3, -0.25) is 14.2 Å². The first-order chi connectivity index (χ1) is 15.4. The number of aliphatic hydroxyl groups excluding tert-OH is 2. The highest BCUT2D eigenvalue weighted by atomic mass is 16.6. The zero-order valence-corrected chi connectivity index (χ0v) is 17.7. The fraction of sp³-hybridized carbons (Fsp3) is 0.550. The molecule has 0 radical (unpaired) electrons. The highest BCUT2D eigenvalue weighted by Crippen LogP contribution is 2.32. The van der Waals surface area contributed by atoms with Crippen molar-refractivity contribution in [3.8, 4) is 0 Å². The van der Waals surface area contributed by atoms with Crippen LogP contribution in [-0.2, 0) is 4.74 Å². The number of aromatic nitrogens is 4. The van der Waals surface area contributed by atoms with Crippen molar-refractivity contribution in [2.24, 2.45) is 0 Å². The molecular weight excluding hydrogens is 418 g/mol. The third-order valence-electron chi connectivity index (χ3n) is 5.72. The highest BCUT2D eigenvalue weighted by Gasteiger charge is 2.44. The van der Waals surface area contributed by atoms with E-state index < -0.39 is 35.4 Å². The van der Waals surface area contributed by atoms with Gasteiger partial charge in [-0.2, -0.15) is 0 Å². The monoisotopic (exact) mass is 445 g/mol. The molecule has 0 unspecified atom stereocenters. The molecule has 2 aromatic heterocycles. The van der Waals surface area contributed by atoms with Gasteiger partial charge in [-0.15, -0.1) is 0 Å². The van der Waals surface area contributed by atoms with Gasteiger partial charge < -0.3 is 31.3 Å². The SMILES string of the molecule is CCCCCCNc1c(NC[C@H]2O[C@@H](n3cnc4c(N)ncnc43)[C@H](O)[C@@H]2O)c(=O)c1=O. The molecule has 4 atom stereocenters. The van der Waals surface area contributed by atoms with Gasteiger partial charge in [-0.05, 0) is 6.42 Å². The molecule has 32 heavy (non-hydrogen) atoms. The maximum absolute atomic E-state index is 12.0. The summed E-state index contributed by atoms with van der Waals surface area (Å²) >= 11 is 0. The van der Waals surface area contributed by atoms with Gasteiger partial charge in [0, 0.05) is 13.1 Å². The summed E-state index contributed by atoms with van der Waals surface area (Å²) < 4.78 is 7.31. The number of nitrogens with two attached hydrogens (primary N) is 1. The van der Waals surface area contributed by atoms with Crippen molar-refractivity contribution < 1.29 is 14.9 Å².